The van der Waals surface area contributed by atoms with E-state index in [1.165, 1.54) is 7.11 Å². The molecule has 314 valence electrons. The van der Waals surface area contributed by atoms with Gasteiger partial charge in [0.05, 0.1) is 34.4 Å². The lowest BCUT2D eigenvalue weighted by Gasteiger charge is -2.08. The zero-order valence-corrected chi connectivity index (χ0v) is 37.4. The minimum Gasteiger partial charge on any atom is -0.469 e. The number of carbonyl (C=O) groups is 3. The number of ether oxygens (including phenoxy) is 1. The monoisotopic (exact) mass is 846 g/mol. The lowest BCUT2D eigenvalue weighted by atomic mass is 10.0. The zero-order chi connectivity index (χ0) is 43.2. The number of benzene rings is 2. The van der Waals surface area contributed by atoms with Crippen LogP contribution in [0.1, 0.15) is 91.2 Å². The summed E-state index contributed by atoms with van der Waals surface area (Å²) in [4.78, 5) is 51.6. The van der Waals surface area contributed by atoms with Gasteiger partial charge in [0.1, 0.15) is 0 Å². The van der Waals surface area contributed by atoms with Crippen LogP contribution >= 0.6 is 0 Å². The summed E-state index contributed by atoms with van der Waals surface area (Å²) in [5.41, 5.74) is 12.0. The van der Waals surface area contributed by atoms with Crippen LogP contribution in [0.15, 0.2) is 91.3 Å². The summed E-state index contributed by atoms with van der Waals surface area (Å²) in [5.74, 6) is -0.0969. The number of nitrogens with zero attached hydrogens (tertiary/aromatic N) is 1. The molecule has 4 heterocycles. The van der Waals surface area contributed by atoms with Gasteiger partial charge in [-0.05, 0) is 143 Å². The van der Waals surface area contributed by atoms with Crippen molar-refractivity contribution in [2.75, 3.05) is 18.6 Å². The van der Waals surface area contributed by atoms with Gasteiger partial charge in [-0.15, -0.1) is 0 Å². The molecular formula is C48H54N4O6S2. The number of rotatable bonds is 16. The van der Waals surface area contributed by atoms with Crippen LogP contribution in [0.3, 0.4) is 0 Å². The normalized spacial score (nSPS) is 16.7. The molecule has 12 heteroatoms. The van der Waals surface area contributed by atoms with E-state index in [9.17, 15) is 22.8 Å². The number of allylic oxidation sites excluding steroid dienone is 2. The molecule has 0 aliphatic carbocycles. The first kappa shape index (κ1) is 44.1. The fourth-order valence-electron chi connectivity index (χ4n) is 7.63. The Balaban J connectivity index is 1.34. The van der Waals surface area contributed by atoms with Gasteiger partial charge in [-0.2, -0.15) is 0 Å². The molecule has 2 aliphatic heterocycles. The molecule has 2 amide bonds. The van der Waals surface area contributed by atoms with Crippen LogP contribution in [-0.2, 0) is 53.6 Å². The molecule has 0 bridgehead atoms. The van der Waals surface area contributed by atoms with E-state index in [1.807, 2.05) is 95.3 Å². The molecule has 0 saturated carbocycles. The number of esters is 1. The van der Waals surface area contributed by atoms with Crippen molar-refractivity contribution in [1.29, 1.82) is 0 Å². The summed E-state index contributed by atoms with van der Waals surface area (Å²) in [6.07, 6.45) is 9.04. The summed E-state index contributed by atoms with van der Waals surface area (Å²) in [5, 5.41) is 4.62. The Bertz CT molecular complexity index is 2660. The third kappa shape index (κ3) is 9.93. The number of methoxy groups -OCH3 is 1. The molecule has 2 aromatic heterocycles. The zero-order valence-electron chi connectivity index (χ0n) is 35.7. The van der Waals surface area contributed by atoms with Crippen molar-refractivity contribution in [1.82, 2.24) is 15.3 Å². The first-order valence-corrected chi connectivity index (χ1v) is 23.0. The number of aromatic nitrogens is 2. The van der Waals surface area contributed by atoms with Gasteiger partial charge in [-0.25, -0.2) is 4.99 Å². The van der Waals surface area contributed by atoms with E-state index in [4.69, 9.17) is 4.74 Å². The molecule has 10 nitrogen and oxygen atoms in total. The minimum atomic E-state index is -1.25. The molecule has 2 unspecified atom stereocenters. The molecule has 2 aliphatic rings. The van der Waals surface area contributed by atoms with Crippen LogP contribution < -0.4 is 16.0 Å². The lowest BCUT2D eigenvalue weighted by Crippen LogP contribution is -2.15. The van der Waals surface area contributed by atoms with Crippen molar-refractivity contribution in [3.63, 3.8) is 0 Å². The van der Waals surface area contributed by atoms with Crippen LogP contribution in [0.5, 0.6) is 0 Å². The standard InChI is InChI=1S/C48H54N4O6S2/c1-9-10-36-30(4)41(26-45-38(33(7)47(54)52-45)21-23-59(56)34-15-11-28(2)12-16-34)50-43(36)27-44-37(19-20-46(53)58-8)31(5)40(49-44)25-42-32(6)39(48(55)51-42)22-24-60(57)35-17-13-29(3)14-18-35/h11-18,25-27,49-50H,9-10,19-24H2,1-8H3,(H,52,54)/b40-25-,44-27-,45-26-. The summed E-state index contributed by atoms with van der Waals surface area (Å²) in [6, 6.07) is 15.3. The molecule has 2 atom stereocenters. The summed E-state index contributed by atoms with van der Waals surface area (Å²) in [6.45, 7) is 13.9. The highest BCUT2D eigenvalue weighted by Gasteiger charge is 2.26. The maximum atomic E-state index is 13.2. The fraction of sp³-hybridized carbons (Fsp3) is 0.333. The van der Waals surface area contributed by atoms with E-state index in [1.54, 1.807) is 0 Å². The highest BCUT2D eigenvalue weighted by atomic mass is 32.2. The highest BCUT2D eigenvalue weighted by Crippen LogP contribution is 2.30. The second-order valence-electron chi connectivity index (χ2n) is 15.5. The number of carbonyl (C=O) groups excluding carboxylic acids is 3. The lowest BCUT2D eigenvalue weighted by molar-refractivity contribution is -0.140. The molecule has 2 aromatic carbocycles. The number of hydrogen-bond donors (Lipinski definition) is 3. The van der Waals surface area contributed by atoms with Crippen molar-refractivity contribution in [3.05, 3.63) is 132 Å². The summed E-state index contributed by atoms with van der Waals surface area (Å²) < 4.78 is 31.2. The number of aliphatic imine (C=N–C) groups is 1. The van der Waals surface area contributed by atoms with Crippen molar-refractivity contribution in [2.45, 2.75) is 96.8 Å². The molecule has 0 saturated heterocycles. The number of H-pyrrole nitrogens is 2. The van der Waals surface area contributed by atoms with Gasteiger partial charge in [-0.1, -0.05) is 48.7 Å². The Kier molecular flexibility index (Phi) is 14.2. The topological polar surface area (TPSA) is 151 Å². The molecular weight excluding hydrogens is 793 g/mol. The minimum absolute atomic E-state index is 0.161. The second-order valence-corrected chi connectivity index (χ2v) is 18.6. The SMILES string of the molecule is CCCc1c(/C=c2\[nH]/c(=C\C3=NC(=O)C(CCS(=O)c4ccc(C)cc4)=C3C)c(C)c2CCC(=O)OC)[nH]c(/C=C2\NC(=O)C(C)=C2CCS(=O)c2ccc(C)cc2)c1C. The smallest absolute Gasteiger partial charge is 0.305 e. The number of aryl methyl sites for hydroxylation is 2. The molecule has 0 spiro atoms. The van der Waals surface area contributed by atoms with Gasteiger partial charge in [-0.3, -0.25) is 22.8 Å². The number of hydrogen-bond acceptors (Lipinski definition) is 6. The largest absolute Gasteiger partial charge is 0.469 e. The Hall–Kier alpha value is -5.46. The summed E-state index contributed by atoms with van der Waals surface area (Å²) >= 11 is 0. The molecule has 60 heavy (non-hydrogen) atoms. The Morgan fingerprint density at radius 3 is 1.87 bits per heavy atom. The molecule has 6 rings (SSSR count). The van der Waals surface area contributed by atoms with E-state index in [-0.39, 0.29) is 24.2 Å². The first-order valence-electron chi connectivity index (χ1n) is 20.3. The molecule has 3 N–H and O–H groups in total. The van der Waals surface area contributed by atoms with Crippen molar-refractivity contribution < 1.29 is 27.5 Å². The Morgan fingerprint density at radius 1 is 0.683 bits per heavy atom. The van der Waals surface area contributed by atoms with Crippen LogP contribution in [0, 0.1) is 27.7 Å². The first-order chi connectivity index (χ1) is 28.7. The number of nitrogens with one attached hydrogen (secondary N) is 3. The number of aromatic amines is 2. The molecule has 4 aromatic rings. The third-order valence-electron chi connectivity index (χ3n) is 11.4. The van der Waals surface area contributed by atoms with Crippen LogP contribution in [0.2, 0.25) is 0 Å². The maximum absolute atomic E-state index is 13.2. The van der Waals surface area contributed by atoms with Crippen molar-refractivity contribution in [2.24, 2.45) is 4.99 Å². The summed E-state index contributed by atoms with van der Waals surface area (Å²) in [7, 11) is -1.09. The second kappa shape index (κ2) is 19.3. The van der Waals surface area contributed by atoms with Crippen LogP contribution in [0.4, 0.5) is 0 Å². The third-order valence-corrected chi connectivity index (χ3v) is 14.1. The Morgan fingerprint density at radius 2 is 1.28 bits per heavy atom. The fourth-order valence-corrected chi connectivity index (χ4v) is 9.76. The van der Waals surface area contributed by atoms with Gasteiger partial charge in [0, 0.05) is 66.6 Å². The Labute approximate surface area is 357 Å². The van der Waals surface area contributed by atoms with E-state index >= 15 is 0 Å². The predicted octanol–water partition coefficient (Wildman–Crippen LogP) is 6.72. The van der Waals surface area contributed by atoms with Crippen LogP contribution in [0.25, 0.3) is 18.2 Å². The maximum Gasteiger partial charge on any atom is 0.305 e. The predicted molar refractivity (Wildman–Crippen MR) is 241 cm³/mol. The molecule has 0 fully saturated rings. The average molecular weight is 847 g/mol. The van der Waals surface area contributed by atoms with E-state index < -0.39 is 21.6 Å². The van der Waals surface area contributed by atoms with Gasteiger partial charge in [0.2, 0.25) is 0 Å². The van der Waals surface area contributed by atoms with E-state index in [0.29, 0.717) is 53.3 Å². The van der Waals surface area contributed by atoms with Crippen LogP contribution in [-0.4, -0.2) is 60.5 Å². The number of amides is 2. The van der Waals surface area contributed by atoms with Gasteiger partial charge >= 0.3 is 5.97 Å². The van der Waals surface area contributed by atoms with E-state index in [2.05, 4.69) is 40.2 Å². The van der Waals surface area contributed by atoms with Crippen molar-refractivity contribution in [3.8, 4) is 0 Å². The van der Waals surface area contributed by atoms with Crippen molar-refractivity contribution >= 4 is 63.3 Å². The quantitative estimate of drug-likeness (QED) is 0.107. The van der Waals surface area contributed by atoms with Gasteiger partial charge in [0.15, 0.2) is 0 Å². The average Bonchev–Trinajstić information content (AvgIpc) is 3.87. The van der Waals surface area contributed by atoms with E-state index in [0.717, 1.165) is 89.2 Å². The highest BCUT2D eigenvalue weighted by molar-refractivity contribution is 7.85. The molecule has 0 radical (unpaired) electrons. The van der Waals surface area contributed by atoms with Gasteiger partial charge in [0.25, 0.3) is 11.8 Å². The van der Waals surface area contributed by atoms with Gasteiger partial charge < -0.3 is 20.0 Å².